The number of carbonyl (C=O) groups is 1. The molecule has 0 bridgehead atoms. The Labute approximate surface area is 110 Å². The minimum Gasteiger partial charge on any atom is -0.462 e. The highest BCUT2D eigenvalue weighted by Gasteiger charge is 2.28. The average molecular weight is 297 g/mol. The molecule has 2 atom stereocenters. The van der Waals surface area contributed by atoms with E-state index in [4.69, 9.17) is 4.74 Å². The predicted octanol–water partition coefficient (Wildman–Crippen LogP) is 4.04. The average Bonchev–Trinajstić information content (AvgIpc) is 2.30. The van der Waals surface area contributed by atoms with E-state index in [0.29, 0.717) is 5.92 Å². The first kappa shape index (κ1) is 12.6. The molecule has 0 aliphatic heterocycles. The van der Waals surface area contributed by atoms with E-state index in [2.05, 4.69) is 40.2 Å². The van der Waals surface area contributed by atoms with Crippen LogP contribution in [0.25, 0.3) is 0 Å². The zero-order valence-electron chi connectivity index (χ0n) is 9.99. The molecule has 92 valence electrons. The summed E-state index contributed by atoms with van der Waals surface area (Å²) in [5.41, 5.74) is 1.28. The summed E-state index contributed by atoms with van der Waals surface area (Å²) in [5.74, 6) is 0.194. The van der Waals surface area contributed by atoms with Crippen LogP contribution in [0.4, 0.5) is 0 Å². The molecule has 17 heavy (non-hydrogen) atoms. The van der Waals surface area contributed by atoms with Gasteiger partial charge in [0.15, 0.2) is 0 Å². The van der Waals surface area contributed by atoms with E-state index >= 15 is 0 Å². The van der Waals surface area contributed by atoms with Crippen LogP contribution in [-0.2, 0) is 9.53 Å². The first-order valence-electron chi connectivity index (χ1n) is 6.09. The van der Waals surface area contributed by atoms with E-state index in [-0.39, 0.29) is 12.1 Å². The second-order valence-corrected chi connectivity index (χ2v) is 5.51. The van der Waals surface area contributed by atoms with Crippen LogP contribution in [0.5, 0.6) is 0 Å². The van der Waals surface area contributed by atoms with Crippen LogP contribution in [0.15, 0.2) is 28.7 Å². The number of ether oxygens (including phenoxy) is 1. The summed E-state index contributed by atoms with van der Waals surface area (Å²) in [6, 6.07) is 8.34. The maximum atomic E-state index is 11.1. The van der Waals surface area contributed by atoms with Crippen LogP contribution in [0.1, 0.15) is 44.1 Å². The summed E-state index contributed by atoms with van der Waals surface area (Å²) in [6.07, 6.45) is 4.53. The molecule has 1 aromatic carbocycles. The first-order chi connectivity index (χ1) is 8.16. The van der Waals surface area contributed by atoms with Crippen molar-refractivity contribution in [2.45, 2.75) is 44.6 Å². The Bertz CT molecular complexity index is 386. The lowest BCUT2D eigenvalue weighted by molar-refractivity contribution is -0.148. The molecule has 1 aromatic rings. The summed E-state index contributed by atoms with van der Waals surface area (Å²) >= 11 is 3.44. The quantitative estimate of drug-likeness (QED) is 0.770. The van der Waals surface area contributed by atoms with E-state index in [0.717, 1.165) is 23.7 Å². The maximum Gasteiger partial charge on any atom is 0.302 e. The largest absolute Gasteiger partial charge is 0.462 e. The van der Waals surface area contributed by atoms with Gasteiger partial charge in [-0.3, -0.25) is 4.79 Å². The highest BCUT2D eigenvalue weighted by Crippen LogP contribution is 2.35. The Morgan fingerprint density at radius 1 is 1.24 bits per heavy atom. The van der Waals surface area contributed by atoms with Gasteiger partial charge in [-0.2, -0.15) is 0 Å². The SMILES string of the molecule is CC(=O)OC1CCCCC1c1ccc(Br)cc1. The number of esters is 1. The van der Waals surface area contributed by atoms with Crippen molar-refractivity contribution in [3.8, 4) is 0 Å². The molecule has 0 aromatic heterocycles. The first-order valence-corrected chi connectivity index (χ1v) is 6.89. The Balaban J connectivity index is 2.15. The molecule has 1 fully saturated rings. The third kappa shape index (κ3) is 3.32. The normalized spacial score (nSPS) is 24.4. The molecule has 0 amide bonds. The molecule has 3 heteroatoms. The molecule has 1 aliphatic carbocycles. The van der Waals surface area contributed by atoms with E-state index in [9.17, 15) is 4.79 Å². The summed E-state index contributed by atoms with van der Waals surface area (Å²) in [7, 11) is 0. The molecule has 0 spiro atoms. The lowest BCUT2D eigenvalue weighted by Gasteiger charge is -2.31. The summed E-state index contributed by atoms with van der Waals surface area (Å²) in [5, 5.41) is 0. The second kappa shape index (κ2) is 5.67. The Kier molecular flexibility index (Phi) is 4.21. The van der Waals surface area contributed by atoms with Gasteiger partial charge in [-0.25, -0.2) is 0 Å². The van der Waals surface area contributed by atoms with Crippen molar-refractivity contribution < 1.29 is 9.53 Å². The Morgan fingerprint density at radius 3 is 2.53 bits per heavy atom. The monoisotopic (exact) mass is 296 g/mol. The molecular weight excluding hydrogens is 280 g/mol. The van der Waals surface area contributed by atoms with Crippen molar-refractivity contribution in [2.24, 2.45) is 0 Å². The van der Waals surface area contributed by atoms with Crippen LogP contribution >= 0.6 is 15.9 Å². The molecule has 2 nitrogen and oxygen atoms in total. The minimum absolute atomic E-state index is 0.0578. The van der Waals surface area contributed by atoms with Gasteiger partial charge in [0.05, 0.1) is 0 Å². The molecule has 0 heterocycles. The van der Waals surface area contributed by atoms with E-state index < -0.39 is 0 Å². The molecule has 0 radical (unpaired) electrons. The van der Waals surface area contributed by atoms with Crippen molar-refractivity contribution in [2.75, 3.05) is 0 Å². The van der Waals surface area contributed by atoms with Crippen LogP contribution in [-0.4, -0.2) is 12.1 Å². The fourth-order valence-corrected chi connectivity index (χ4v) is 2.81. The van der Waals surface area contributed by atoms with Crippen molar-refractivity contribution in [1.29, 1.82) is 0 Å². The Hall–Kier alpha value is -0.830. The third-order valence-electron chi connectivity index (χ3n) is 3.32. The lowest BCUT2D eigenvalue weighted by Crippen LogP contribution is -2.27. The van der Waals surface area contributed by atoms with Gasteiger partial charge in [-0.15, -0.1) is 0 Å². The van der Waals surface area contributed by atoms with Gasteiger partial charge >= 0.3 is 5.97 Å². The van der Waals surface area contributed by atoms with Gasteiger partial charge in [-0.1, -0.05) is 34.5 Å². The van der Waals surface area contributed by atoms with Crippen molar-refractivity contribution in [3.05, 3.63) is 34.3 Å². The molecular formula is C14H17BrO2. The highest BCUT2D eigenvalue weighted by molar-refractivity contribution is 9.10. The van der Waals surface area contributed by atoms with E-state index in [1.165, 1.54) is 18.9 Å². The van der Waals surface area contributed by atoms with Crippen LogP contribution in [0.3, 0.4) is 0 Å². The fourth-order valence-electron chi connectivity index (χ4n) is 2.54. The second-order valence-electron chi connectivity index (χ2n) is 4.59. The van der Waals surface area contributed by atoms with Gasteiger partial charge < -0.3 is 4.74 Å². The van der Waals surface area contributed by atoms with Crippen LogP contribution in [0.2, 0.25) is 0 Å². The van der Waals surface area contributed by atoms with Crippen LogP contribution in [0, 0.1) is 0 Å². The standard InChI is InChI=1S/C14H17BrO2/c1-10(16)17-14-5-3-2-4-13(14)11-6-8-12(15)9-7-11/h6-9,13-14H,2-5H2,1H3. The molecule has 1 aliphatic rings. The zero-order valence-corrected chi connectivity index (χ0v) is 11.6. The van der Waals surface area contributed by atoms with E-state index in [1.807, 2.05) is 0 Å². The molecule has 2 rings (SSSR count). The van der Waals surface area contributed by atoms with Gasteiger partial charge in [0.2, 0.25) is 0 Å². The molecule has 2 unspecified atom stereocenters. The van der Waals surface area contributed by atoms with Crippen LogP contribution < -0.4 is 0 Å². The highest BCUT2D eigenvalue weighted by atomic mass is 79.9. The van der Waals surface area contributed by atoms with Crippen molar-refractivity contribution in [1.82, 2.24) is 0 Å². The van der Waals surface area contributed by atoms with Gasteiger partial charge in [0.25, 0.3) is 0 Å². The molecule has 0 N–H and O–H groups in total. The summed E-state index contributed by atoms with van der Waals surface area (Å²) in [6.45, 7) is 1.49. The van der Waals surface area contributed by atoms with Crippen molar-refractivity contribution >= 4 is 21.9 Å². The van der Waals surface area contributed by atoms with Crippen molar-refractivity contribution in [3.63, 3.8) is 0 Å². The number of carbonyl (C=O) groups excluding carboxylic acids is 1. The minimum atomic E-state index is -0.168. The number of benzene rings is 1. The maximum absolute atomic E-state index is 11.1. The van der Waals surface area contributed by atoms with Gasteiger partial charge in [0, 0.05) is 17.3 Å². The number of halogens is 1. The summed E-state index contributed by atoms with van der Waals surface area (Å²) < 4.78 is 6.52. The smallest absolute Gasteiger partial charge is 0.302 e. The number of hydrogen-bond donors (Lipinski definition) is 0. The third-order valence-corrected chi connectivity index (χ3v) is 3.85. The topological polar surface area (TPSA) is 26.3 Å². The molecule has 0 saturated heterocycles. The summed E-state index contributed by atoms with van der Waals surface area (Å²) in [4.78, 5) is 11.1. The van der Waals surface area contributed by atoms with Gasteiger partial charge in [-0.05, 0) is 37.0 Å². The predicted molar refractivity (Wildman–Crippen MR) is 70.9 cm³/mol. The molecule has 1 saturated carbocycles. The zero-order chi connectivity index (χ0) is 12.3. The number of rotatable bonds is 2. The lowest BCUT2D eigenvalue weighted by atomic mass is 9.81. The Morgan fingerprint density at radius 2 is 1.88 bits per heavy atom. The van der Waals surface area contributed by atoms with E-state index in [1.54, 1.807) is 0 Å². The van der Waals surface area contributed by atoms with Gasteiger partial charge in [0.1, 0.15) is 6.10 Å². The number of hydrogen-bond acceptors (Lipinski definition) is 2. The fraction of sp³-hybridized carbons (Fsp3) is 0.500.